The van der Waals surface area contributed by atoms with E-state index < -0.39 is 69.5 Å². The van der Waals surface area contributed by atoms with E-state index in [1.807, 2.05) is 0 Å². The molecule has 0 radical (unpaired) electrons. The number of nitrogens with one attached hydrogen (secondary N) is 4. The Balaban J connectivity index is 0.000000219. The number of carboxylic acid groups (broad SMARTS) is 2. The van der Waals surface area contributed by atoms with Gasteiger partial charge in [-0.05, 0) is 289 Å². The van der Waals surface area contributed by atoms with E-state index in [4.69, 9.17) is 18.7 Å². The zero-order valence-electron chi connectivity index (χ0n) is 76.7. The highest BCUT2D eigenvalue weighted by Crippen LogP contribution is 2.70. The minimum atomic E-state index is -1.10. The zero-order chi connectivity index (χ0) is 91.5. The van der Waals surface area contributed by atoms with Gasteiger partial charge in [0.05, 0.1) is 45.1 Å². The fraction of sp³-hybridized carbons (Fsp3) is 0.660. The summed E-state index contributed by atoms with van der Waals surface area (Å²) < 4.78 is 21.6. The first-order valence-corrected chi connectivity index (χ1v) is 47.8. The number of unbranched alkanes of at least 4 members (excludes halogenated alkanes) is 2. The Hall–Kier alpha value is -10.0. The van der Waals surface area contributed by atoms with Crippen molar-refractivity contribution in [2.24, 2.45) is 105 Å². The van der Waals surface area contributed by atoms with Crippen LogP contribution in [0.25, 0.3) is 22.1 Å². The molecule has 28 nitrogen and oxygen atoms in total. The van der Waals surface area contributed by atoms with Gasteiger partial charge < -0.3 is 51.2 Å². The first-order chi connectivity index (χ1) is 61.1. The van der Waals surface area contributed by atoms with Crippen molar-refractivity contribution in [3.05, 3.63) is 127 Å². The molecule has 4 aromatic carbocycles. The summed E-state index contributed by atoms with van der Waals surface area (Å²) in [6.07, 6.45) is 30.5. The molecule has 0 aliphatic heterocycles. The van der Waals surface area contributed by atoms with Crippen LogP contribution in [0, 0.1) is 125 Å². The van der Waals surface area contributed by atoms with Gasteiger partial charge in [0.25, 0.3) is 0 Å². The molecule has 2 heterocycles. The van der Waals surface area contributed by atoms with Crippen molar-refractivity contribution in [3.63, 3.8) is 0 Å². The van der Waals surface area contributed by atoms with Gasteiger partial charge in [-0.3, -0.25) is 39.4 Å². The number of nitro groups is 2. The van der Waals surface area contributed by atoms with Crippen LogP contribution in [-0.2, 0) is 41.5 Å². The van der Waals surface area contributed by atoms with Gasteiger partial charge in [-0.15, -0.1) is 0 Å². The van der Waals surface area contributed by atoms with Crippen LogP contribution >= 0.6 is 0 Å². The number of aromatic hydroxyl groups is 2. The van der Waals surface area contributed by atoms with E-state index in [1.54, 1.807) is 24.3 Å². The maximum Gasteiger partial charge on any atom is 0.408 e. The third kappa shape index (κ3) is 22.0. The number of allylic oxidation sites excluding steroid dienone is 2. The summed E-state index contributed by atoms with van der Waals surface area (Å²) in [6.45, 7) is 25.4. The number of nitro benzene ring substituents is 2. The van der Waals surface area contributed by atoms with Crippen LogP contribution in [0.4, 0.5) is 32.3 Å². The van der Waals surface area contributed by atoms with Crippen molar-refractivity contribution >= 4 is 80.5 Å². The Morgan fingerprint density at radius 2 is 0.852 bits per heavy atom. The second-order valence-corrected chi connectivity index (χ2v) is 41.2. The number of non-ortho nitro benzene ring substituents is 2. The van der Waals surface area contributed by atoms with Crippen LogP contribution in [0.15, 0.2) is 105 Å². The Kier molecular flexibility index (Phi) is 31.2. The number of ether oxygens (including phenoxy) is 2. The number of benzene rings is 4. The molecule has 0 bridgehead atoms. The van der Waals surface area contributed by atoms with Crippen LogP contribution in [0.3, 0.4) is 0 Å². The number of carbonyl (C=O) groups excluding carboxylic acids is 4. The van der Waals surface area contributed by atoms with E-state index in [0.717, 1.165) is 85.9 Å². The zero-order valence-corrected chi connectivity index (χ0v) is 76.7. The second kappa shape index (κ2) is 41.8. The normalized spacial score (nSPS) is 27.7. The number of carboxylic acids is 2. The number of phenolic OH excluding ortho intramolecular Hbond substituents is 2. The molecule has 2 amide bonds. The van der Waals surface area contributed by atoms with Crippen molar-refractivity contribution in [1.82, 2.24) is 31.3 Å². The van der Waals surface area contributed by atoms with Gasteiger partial charge in [0.15, 0.2) is 22.6 Å². The predicted molar refractivity (Wildman–Crippen MR) is 487 cm³/mol. The number of alkyl carbamates (subject to hydrolysis) is 2. The van der Waals surface area contributed by atoms with Crippen LogP contribution in [-0.4, -0.2) is 124 Å². The Bertz CT molecular complexity index is 4650. The molecule has 128 heavy (non-hydrogen) atoms. The highest BCUT2D eigenvalue weighted by Gasteiger charge is 2.62. The summed E-state index contributed by atoms with van der Waals surface area (Å²) in [5.74, 6) is 4.03. The number of rotatable bonds is 40. The number of carbonyl (C=O) groups is 6. The summed E-state index contributed by atoms with van der Waals surface area (Å²) in [7, 11) is 0. The van der Waals surface area contributed by atoms with Gasteiger partial charge in [0.1, 0.15) is 23.7 Å². The van der Waals surface area contributed by atoms with Crippen molar-refractivity contribution in [3.8, 4) is 11.5 Å². The molecule has 20 atom stereocenters. The van der Waals surface area contributed by atoms with E-state index in [-0.39, 0.29) is 107 Å². The van der Waals surface area contributed by atoms with Gasteiger partial charge in [-0.2, -0.15) is 0 Å². The van der Waals surface area contributed by atoms with E-state index in [0.29, 0.717) is 109 Å². The lowest BCUT2D eigenvalue weighted by atomic mass is 9.47. The molecular formula is C100H138N10O18. The summed E-state index contributed by atoms with van der Waals surface area (Å²) in [5, 5.41) is 89.5. The Labute approximate surface area is 751 Å². The number of Topliss-reactive ketones (excluding diaryl/α,β-unsaturated/α-hetero) is 2. The lowest BCUT2D eigenvalue weighted by Gasteiger charge is -2.58. The van der Waals surface area contributed by atoms with E-state index in [1.165, 1.54) is 150 Å². The third-order valence-electron chi connectivity index (χ3n) is 32.5. The third-order valence-corrected chi connectivity index (χ3v) is 32.5. The van der Waals surface area contributed by atoms with E-state index in [9.17, 15) is 69.4 Å². The first kappa shape index (κ1) is 95.6. The Morgan fingerprint density at radius 1 is 0.469 bits per heavy atom. The van der Waals surface area contributed by atoms with Gasteiger partial charge in [-0.1, -0.05) is 168 Å². The number of phenols is 2. The molecule has 8 aliphatic rings. The van der Waals surface area contributed by atoms with Crippen LogP contribution in [0.1, 0.15) is 273 Å². The standard InChI is InChI=1S/2C50H69N5O9/c2*1-30(2)9-8-10-31(3)38-18-19-39-37-17-14-34-29-36(22-24-49(34,4)40(37)23-25-50(38,39)5)63-48(60)52-42(27-32-12-15-35(56)16-13-32)44(57)28-33(47(58)59)11-6-7-26-51-41-20-21-43(55(61)62)46-45(41)53-64-54-46/h2*12-16,20-21,30-31,33,36-40,42,51,56H,6-11,17-19,22-29H2,1-5H3,(H,52,60)(H,58,59)/t31-,33+,36?,37+,38?,39+,40+,42?,49+,50-;31-,33-,36?,37+,38?,39+,40+,42?,49+,50-/m11/s1. The van der Waals surface area contributed by atoms with Crippen LogP contribution < -0.4 is 21.3 Å². The quantitative estimate of drug-likeness (QED) is 0.00766. The monoisotopic (exact) mass is 1770 g/mol. The van der Waals surface area contributed by atoms with Gasteiger partial charge in [0, 0.05) is 50.9 Å². The summed E-state index contributed by atoms with van der Waals surface area (Å²) >= 11 is 0. The van der Waals surface area contributed by atoms with Gasteiger partial charge in [-0.25, -0.2) is 18.8 Å². The molecule has 8 aliphatic carbocycles. The first-order valence-electron chi connectivity index (χ1n) is 47.8. The number of fused-ring (bicyclic) bond motifs is 12. The average Bonchev–Trinajstić information content (AvgIpc) is 1.46. The minimum absolute atomic E-state index is 0.0291. The predicted octanol–water partition coefficient (Wildman–Crippen LogP) is 21.7. The largest absolute Gasteiger partial charge is 0.508 e. The number of hydrogen-bond acceptors (Lipinski definition) is 22. The molecule has 0 spiro atoms. The molecular weight excluding hydrogens is 1630 g/mol. The molecule has 6 unspecified atom stereocenters. The molecule has 696 valence electrons. The lowest BCUT2D eigenvalue weighted by Crippen LogP contribution is -2.51. The molecule has 14 rings (SSSR count). The molecule has 28 heteroatoms. The molecule has 6 fully saturated rings. The summed E-state index contributed by atoms with van der Waals surface area (Å²) in [5.41, 5.74) is 6.28. The maximum absolute atomic E-state index is 13.9. The topological polar surface area (TPSA) is 414 Å². The lowest BCUT2D eigenvalue weighted by molar-refractivity contribution is -0.383. The SMILES string of the molecule is CC(C)CCC[C@@H](C)C1CC[C@H]2[C@@H]3CC=C4CC(OC(=O)NC(Cc5ccc(O)cc5)C(=O)C[C@@H](CCCCNc5ccc([N+](=O)[O-])c6nonc56)C(=O)O)CC[C@]4(C)[C@H]3CC[C@]12C.CC(C)CCC[C@@H](C)C1CC[C@H]2[C@@H]3CC=C4CC(OC(=O)NC(Cc5ccc(O)cc5)C(=O)C[C@H](CCCCNc5ccc([N+](=O)[O-])c6nonc56)C(=O)O)CC[C@]4(C)[C@H]3CC[C@]12C. The van der Waals surface area contributed by atoms with Crippen molar-refractivity contribution in [2.45, 2.75) is 299 Å². The smallest absolute Gasteiger partial charge is 0.408 e. The van der Waals surface area contributed by atoms with Gasteiger partial charge in [0.2, 0.25) is 11.0 Å². The number of amides is 2. The van der Waals surface area contributed by atoms with Crippen LogP contribution in [0.2, 0.25) is 0 Å². The van der Waals surface area contributed by atoms with Crippen molar-refractivity contribution < 1.29 is 77.8 Å². The fourth-order valence-corrected chi connectivity index (χ4v) is 25.5. The van der Waals surface area contributed by atoms with Gasteiger partial charge >= 0.3 is 35.5 Å². The van der Waals surface area contributed by atoms with Crippen LogP contribution in [0.5, 0.6) is 11.5 Å². The molecule has 6 saturated carbocycles. The average molecular weight is 1770 g/mol. The highest BCUT2D eigenvalue weighted by atomic mass is 16.6. The number of hydrogen-bond donors (Lipinski definition) is 8. The van der Waals surface area contributed by atoms with Crippen molar-refractivity contribution in [1.29, 1.82) is 0 Å². The highest BCUT2D eigenvalue weighted by molar-refractivity contribution is 5.95. The number of nitrogens with zero attached hydrogens (tertiary/aromatic N) is 6. The van der Waals surface area contributed by atoms with E-state index >= 15 is 0 Å². The molecule has 2 aromatic heterocycles. The molecule has 8 N–H and O–H groups in total. The summed E-state index contributed by atoms with van der Waals surface area (Å²) in [6, 6.07) is 16.4. The number of ketones is 2. The fourth-order valence-electron chi connectivity index (χ4n) is 25.5. The molecule has 6 aromatic rings. The summed E-state index contributed by atoms with van der Waals surface area (Å²) in [4.78, 5) is 102. The second-order valence-electron chi connectivity index (χ2n) is 41.2. The van der Waals surface area contributed by atoms with E-state index in [2.05, 4.69) is 123 Å². The van der Waals surface area contributed by atoms with Crippen molar-refractivity contribution in [2.75, 3.05) is 23.7 Å². The molecule has 0 saturated heterocycles. The number of aromatic nitrogens is 4. The number of anilines is 2. The maximum atomic E-state index is 13.9. The Morgan fingerprint density at radius 3 is 1.22 bits per heavy atom. The minimum Gasteiger partial charge on any atom is -0.508 e. The number of aliphatic carboxylic acids is 2.